The number of ether oxygens (including phenoxy) is 1. The number of aromatic hydroxyl groups is 4. The third-order valence-corrected chi connectivity index (χ3v) is 4.33. The van der Waals surface area contributed by atoms with Gasteiger partial charge in [0.1, 0.15) is 6.04 Å². The SMILES string of the molecule is CC(C)OC(=O)[C@H](Cc1ccc(O)c(O)c1)N(C)C(=O)C=Cc1ccc(O)c(O)c1. The Balaban J connectivity index is 2.23. The van der Waals surface area contributed by atoms with E-state index in [4.69, 9.17) is 4.74 Å². The van der Waals surface area contributed by atoms with Crippen LogP contribution in [0.1, 0.15) is 25.0 Å². The van der Waals surface area contributed by atoms with E-state index in [1.165, 1.54) is 60.5 Å². The summed E-state index contributed by atoms with van der Waals surface area (Å²) in [7, 11) is 1.45. The first-order valence-corrected chi connectivity index (χ1v) is 9.26. The number of phenolic OH excluding ortho intramolecular Hbond substituents is 4. The van der Waals surface area contributed by atoms with Gasteiger partial charge in [0.05, 0.1) is 6.10 Å². The Morgan fingerprint density at radius 3 is 2.13 bits per heavy atom. The molecule has 8 heteroatoms. The molecule has 1 amide bonds. The molecule has 2 rings (SSSR count). The molecule has 0 radical (unpaired) electrons. The number of benzene rings is 2. The van der Waals surface area contributed by atoms with Crippen molar-refractivity contribution in [3.63, 3.8) is 0 Å². The highest BCUT2D eigenvalue weighted by molar-refractivity contribution is 5.94. The number of carbonyl (C=O) groups excluding carboxylic acids is 2. The van der Waals surface area contributed by atoms with Crippen LogP contribution in [0.2, 0.25) is 0 Å². The summed E-state index contributed by atoms with van der Waals surface area (Å²) >= 11 is 0. The molecule has 0 saturated carbocycles. The van der Waals surface area contributed by atoms with Crippen molar-refractivity contribution in [3.8, 4) is 23.0 Å². The molecule has 2 aromatic carbocycles. The molecule has 0 unspecified atom stereocenters. The van der Waals surface area contributed by atoms with Crippen LogP contribution in [0.4, 0.5) is 0 Å². The molecule has 1 atom stereocenters. The Bertz CT molecular complexity index is 952. The van der Waals surface area contributed by atoms with Crippen LogP contribution in [0.3, 0.4) is 0 Å². The largest absolute Gasteiger partial charge is 0.504 e. The van der Waals surface area contributed by atoms with Crippen LogP contribution in [-0.4, -0.2) is 56.4 Å². The lowest BCUT2D eigenvalue weighted by molar-refractivity contribution is -0.156. The highest BCUT2D eigenvalue weighted by Crippen LogP contribution is 2.27. The summed E-state index contributed by atoms with van der Waals surface area (Å²) in [4.78, 5) is 26.5. The fourth-order valence-electron chi connectivity index (χ4n) is 2.69. The molecule has 0 fully saturated rings. The van der Waals surface area contributed by atoms with Gasteiger partial charge in [-0.25, -0.2) is 4.79 Å². The van der Waals surface area contributed by atoms with Gasteiger partial charge in [-0.1, -0.05) is 12.1 Å². The summed E-state index contributed by atoms with van der Waals surface area (Å²) in [6.45, 7) is 3.39. The molecule has 0 aliphatic heterocycles. The molecule has 0 aliphatic rings. The summed E-state index contributed by atoms with van der Waals surface area (Å²) in [5, 5.41) is 38.1. The van der Waals surface area contributed by atoms with Gasteiger partial charge in [-0.3, -0.25) is 4.79 Å². The Labute approximate surface area is 174 Å². The lowest BCUT2D eigenvalue weighted by Crippen LogP contribution is -2.44. The fraction of sp³-hybridized carbons (Fsp3) is 0.273. The zero-order valence-corrected chi connectivity index (χ0v) is 16.9. The number of likely N-dealkylation sites (N-methyl/N-ethyl adjacent to an activating group) is 1. The van der Waals surface area contributed by atoms with Crippen molar-refractivity contribution in [2.24, 2.45) is 0 Å². The number of esters is 1. The molecule has 0 bridgehead atoms. The van der Waals surface area contributed by atoms with E-state index in [1.807, 2.05) is 0 Å². The van der Waals surface area contributed by atoms with Crippen molar-refractivity contribution >= 4 is 18.0 Å². The Hall–Kier alpha value is -3.68. The minimum absolute atomic E-state index is 0.0650. The topological polar surface area (TPSA) is 128 Å². The van der Waals surface area contributed by atoms with Crippen molar-refractivity contribution in [2.45, 2.75) is 32.4 Å². The van der Waals surface area contributed by atoms with Gasteiger partial charge in [0.15, 0.2) is 23.0 Å². The van der Waals surface area contributed by atoms with Gasteiger partial charge in [-0.05, 0) is 55.3 Å². The normalized spacial score (nSPS) is 12.1. The highest BCUT2D eigenvalue weighted by atomic mass is 16.5. The maximum Gasteiger partial charge on any atom is 0.329 e. The zero-order valence-electron chi connectivity index (χ0n) is 16.9. The number of rotatable bonds is 7. The average Bonchev–Trinajstić information content (AvgIpc) is 2.68. The van der Waals surface area contributed by atoms with Crippen molar-refractivity contribution in [1.82, 2.24) is 4.90 Å². The van der Waals surface area contributed by atoms with Crippen LogP contribution in [0.15, 0.2) is 42.5 Å². The Morgan fingerprint density at radius 1 is 0.967 bits per heavy atom. The standard InChI is InChI=1S/C22H25NO7/c1-13(2)30-22(29)16(10-15-5-8-18(25)20(27)12-15)23(3)21(28)9-6-14-4-7-17(24)19(26)11-14/h4-9,11-13,16,24-27H,10H2,1-3H3/t16-/m0/s1. The fourth-order valence-corrected chi connectivity index (χ4v) is 2.69. The molecule has 160 valence electrons. The minimum atomic E-state index is -0.971. The van der Waals surface area contributed by atoms with Crippen LogP contribution in [0.25, 0.3) is 6.08 Å². The molecule has 30 heavy (non-hydrogen) atoms. The lowest BCUT2D eigenvalue weighted by Gasteiger charge is -2.26. The molecular weight excluding hydrogens is 390 g/mol. The highest BCUT2D eigenvalue weighted by Gasteiger charge is 2.28. The van der Waals surface area contributed by atoms with Crippen molar-refractivity contribution in [1.29, 1.82) is 0 Å². The molecule has 0 saturated heterocycles. The van der Waals surface area contributed by atoms with Crippen molar-refractivity contribution in [2.75, 3.05) is 7.05 Å². The maximum absolute atomic E-state index is 12.6. The van der Waals surface area contributed by atoms with Gasteiger partial charge in [0.25, 0.3) is 0 Å². The first kappa shape index (κ1) is 22.6. The monoisotopic (exact) mass is 415 g/mol. The smallest absolute Gasteiger partial charge is 0.329 e. The van der Waals surface area contributed by atoms with Crippen LogP contribution in [-0.2, 0) is 20.7 Å². The van der Waals surface area contributed by atoms with Crippen molar-refractivity contribution < 1.29 is 34.8 Å². The number of amides is 1. The number of carbonyl (C=O) groups is 2. The van der Waals surface area contributed by atoms with Gasteiger partial charge in [0, 0.05) is 19.5 Å². The van der Waals surface area contributed by atoms with Crippen LogP contribution in [0, 0.1) is 0 Å². The Morgan fingerprint density at radius 2 is 1.57 bits per heavy atom. The van der Waals surface area contributed by atoms with Crippen LogP contribution < -0.4 is 0 Å². The van der Waals surface area contributed by atoms with E-state index in [0.29, 0.717) is 11.1 Å². The second-order valence-electron chi connectivity index (χ2n) is 7.06. The van der Waals surface area contributed by atoms with E-state index in [-0.39, 0.29) is 35.5 Å². The molecule has 0 heterocycles. The van der Waals surface area contributed by atoms with E-state index in [1.54, 1.807) is 13.8 Å². The number of nitrogens with zero attached hydrogens (tertiary/aromatic N) is 1. The van der Waals surface area contributed by atoms with E-state index in [0.717, 1.165) is 0 Å². The number of hydrogen-bond donors (Lipinski definition) is 4. The predicted molar refractivity (Wildman–Crippen MR) is 110 cm³/mol. The van der Waals surface area contributed by atoms with Crippen molar-refractivity contribution in [3.05, 3.63) is 53.6 Å². The zero-order chi connectivity index (χ0) is 22.4. The summed E-state index contributed by atoms with van der Waals surface area (Å²) < 4.78 is 5.27. The predicted octanol–water partition coefficient (Wildman–Crippen LogP) is 2.54. The second kappa shape index (κ2) is 9.69. The summed E-state index contributed by atoms with van der Waals surface area (Å²) in [5.41, 5.74) is 1.01. The summed E-state index contributed by atoms with van der Waals surface area (Å²) in [6, 6.07) is 7.29. The molecule has 2 aromatic rings. The molecule has 8 nitrogen and oxygen atoms in total. The third-order valence-electron chi connectivity index (χ3n) is 4.33. The van der Waals surface area contributed by atoms with Gasteiger partial charge in [0.2, 0.25) is 5.91 Å². The minimum Gasteiger partial charge on any atom is -0.504 e. The summed E-state index contributed by atoms with van der Waals surface area (Å²) in [5.74, 6) is -2.30. The molecule has 0 aliphatic carbocycles. The van der Waals surface area contributed by atoms with E-state index in [9.17, 15) is 30.0 Å². The molecule has 4 N–H and O–H groups in total. The Kier molecular flexibility index (Phi) is 7.30. The first-order chi connectivity index (χ1) is 14.1. The van der Waals surface area contributed by atoms with Gasteiger partial charge < -0.3 is 30.1 Å². The average molecular weight is 415 g/mol. The van der Waals surface area contributed by atoms with Crippen LogP contribution >= 0.6 is 0 Å². The third kappa shape index (κ3) is 5.91. The van der Waals surface area contributed by atoms with E-state index >= 15 is 0 Å². The van der Waals surface area contributed by atoms with Gasteiger partial charge >= 0.3 is 5.97 Å². The second-order valence-corrected chi connectivity index (χ2v) is 7.06. The maximum atomic E-state index is 12.6. The number of phenols is 4. The van der Waals surface area contributed by atoms with Gasteiger partial charge in [-0.15, -0.1) is 0 Å². The molecule has 0 spiro atoms. The molecule has 0 aromatic heterocycles. The van der Waals surface area contributed by atoms with E-state index < -0.39 is 17.9 Å². The van der Waals surface area contributed by atoms with Gasteiger partial charge in [-0.2, -0.15) is 0 Å². The van der Waals surface area contributed by atoms with E-state index in [2.05, 4.69) is 0 Å². The first-order valence-electron chi connectivity index (χ1n) is 9.26. The lowest BCUT2D eigenvalue weighted by atomic mass is 10.0. The summed E-state index contributed by atoms with van der Waals surface area (Å²) in [6.07, 6.45) is 2.35. The quantitative estimate of drug-likeness (QED) is 0.311. The number of hydrogen-bond acceptors (Lipinski definition) is 7. The van der Waals surface area contributed by atoms with Crippen LogP contribution in [0.5, 0.6) is 23.0 Å². The molecular formula is C22H25NO7.